The maximum atomic E-state index is 12.3. The lowest BCUT2D eigenvalue weighted by Crippen LogP contribution is -2.21. The lowest BCUT2D eigenvalue weighted by molar-refractivity contribution is -0.119. The summed E-state index contributed by atoms with van der Waals surface area (Å²) in [5.41, 5.74) is 3.24. The molecular weight excluding hydrogens is 336 g/mol. The summed E-state index contributed by atoms with van der Waals surface area (Å²) in [7, 11) is 0. The minimum absolute atomic E-state index is 0.297. The number of ether oxygens (including phenoxy) is 1. The Hall–Kier alpha value is -2.21. The van der Waals surface area contributed by atoms with Gasteiger partial charge in [0, 0.05) is 22.3 Å². The predicted molar refractivity (Wildman–Crippen MR) is 99.3 cm³/mol. The second-order valence-electron chi connectivity index (χ2n) is 6.21. The average molecular weight is 358 g/mol. The van der Waals surface area contributed by atoms with Crippen molar-refractivity contribution in [1.82, 2.24) is 4.57 Å². The van der Waals surface area contributed by atoms with Crippen LogP contribution in [0.2, 0.25) is 0 Å². The van der Waals surface area contributed by atoms with E-state index in [-0.39, 0.29) is 12.5 Å². The van der Waals surface area contributed by atoms with E-state index >= 15 is 0 Å². The van der Waals surface area contributed by atoms with Gasteiger partial charge < -0.3 is 14.6 Å². The van der Waals surface area contributed by atoms with Crippen molar-refractivity contribution in [2.75, 3.05) is 18.2 Å². The molecule has 1 fully saturated rings. The quantitative estimate of drug-likeness (QED) is 0.627. The minimum atomic E-state index is -0.451. The van der Waals surface area contributed by atoms with E-state index in [0.29, 0.717) is 11.6 Å². The Morgan fingerprint density at radius 2 is 2.00 bits per heavy atom. The second kappa shape index (κ2) is 7.35. The van der Waals surface area contributed by atoms with E-state index in [2.05, 4.69) is 9.88 Å². The van der Waals surface area contributed by atoms with Crippen molar-refractivity contribution in [2.24, 2.45) is 0 Å². The SMILES string of the molecule is CSc1ccccc1NC(=O)COC(=O)c1cc(C)n(C2CC2)c1C. The van der Waals surface area contributed by atoms with E-state index in [9.17, 15) is 9.59 Å². The molecule has 1 heterocycles. The molecule has 1 amide bonds. The monoisotopic (exact) mass is 358 g/mol. The average Bonchev–Trinajstić information content (AvgIpc) is 3.38. The molecule has 3 rings (SSSR count). The van der Waals surface area contributed by atoms with E-state index in [4.69, 9.17) is 4.74 Å². The van der Waals surface area contributed by atoms with Crippen molar-refractivity contribution in [3.8, 4) is 0 Å². The van der Waals surface area contributed by atoms with Crippen molar-refractivity contribution >= 4 is 29.3 Å². The van der Waals surface area contributed by atoms with Crippen LogP contribution in [0.1, 0.15) is 40.6 Å². The summed E-state index contributed by atoms with van der Waals surface area (Å²) in [5.74, 6) is -0.792. The Kier molecular flexibility index (Phi) is 5.18. The number of nitrogens with one attached hydrogen (secondary N) is 1. The molecule has 1 aliphatic rings. The molecule has 0 radical (unpaired) electrons. The molecule has 1 aromatic heterocycles. The van der Waals surface area contributed by atoms with Gasteiger partial charge in [0.2, 0.25) is 0 Å². The van der Waals surface area contributed by atoms with Gasteiger partial charge in [-0.2, -0.15) is 0 Å². The van der Waals surface area contributed by atoms with Crippen LogP contribution in [-0.2, 0) is 9.53 Å². The first kappa shape index (κ1) is 17.6. The smallest absolute Gasteiger partial charge is 0.340 e. The molecule has 0 spiro atoms. The van der Waals surface area contributed by atoms with E-state index < -0.39 is 5.97 Å². The highest BCUT2D eigenvalue weighted by molar-refractivity contribution is 7.98. The molecule has 5 nitrogen and oxygen atoms in total. The molecule has 0 saturated heterocycles. The Bertz CT molecular complexity index is 809. The van der Waals surface area contributed by atoms with Gasteiger partial charge in [-0.1, -0.05) is 12.1 Å². The van der Waals surface area contributed by atoms with E-state index in [1.807, 2.05) is 50.4 Å². The number of amides is 1. The third kappa shape index (κ3) is 3.90. The van der Waals surface area contributed by atoms with Crippen LogP contribution >= 0.6 is 11.8 Å². The molecule has 1 aromatic carbocycles. The summed E-state index contributed by atoms with van der Waals surface area (Å²) in [5, 5.41) is 2.79. The van der Waals surface area contributed by atoms with Gasteiger partial charge in [-0.15, -0.1) is 11.8 Å². The first-order valence-corrected chi connectivity index (χ1v) is 9.52. The van der Waals surface area contributed by atoms with Crippen molar-refractivity contribution in [3.05, 3.63) is 47.3 Å². The summed E-state index contributed by atoms with van der Waals surface area (Å²) in [6.45, 7) is 3.62. The highest BCUT2D eigenvalue weighted by atomic mass is 32.2. The zero-order valence-corrected chi connectivity index (χ0v) is 15.5. The number of para-hydroxylation sites is 1. The van der Waals surface area contributed by atoms with E-state index in [0.717, 1.165) is 34.8 Å². The fraction of sp³-hybridized carbons (Fsp3) is 0.368. The molecule has 6 heteroatoms. The number of carbonyl (C=O) groups excluding carboxylic acids is 2. The Morgan fingerprint density at radius 1 is 1.28 bits per heavy atom. The van der Waals surface area contributed by atoms with Crippen LogP contribution < -0.4 is 5.32 Å². The molecule has 1 aliphatic carbocycles. The van der Waals surface area contributed by atoms with Gasteiger partial charge in [0.1, 0.15) is 0 Å². The van der Waals surface area contributed by atoms with Gasteiger partial charge in [0.05, 0.1) is 11.3 Å². The fourth-order valence-corrected chi connectivity index (χ4v) is 3.58. The van der Waals surface area contributed by atoms with Gasteiger partial charge in [-0.05, 0) is 51.1 Å². The fourth-order valence-electron chi connectivity index (χ4n) is 3.02. The lowest BCUT2D eigenvalue weighted by atomic mass is 10.2. The molecule has 1 saturated carbocycles. The maximum absolute atomic E-state index is 12.3. The van der Waals surface area contributed by atoms with Gasteiger partial charge >= 0.3 is 5.97 Å². The van der Waals surface area contributed by atoms with Crippen LogP contribution in [0.4, 0.5) is 5.69 Å². The Balaban J connectivity index is 1.61. The largest absolute Gasteiger partial charge is 0.452 e. The number of thioether (sulfide) groups is 1. The predicted octanol–water partition coefficient (Wildman–Crippen LogP) is 3.96. The number of nitrogens with zero attached hydrogens (tertiary/aromatic N) is 1. The number of hydrogen-bond donors (Lipinski definition) is 1. The van der Waals surface area contributed by atoms with Gasteiger partial charge in [-0.25, -0.2) is 4.79 Å². The summed E-state index contributed by atoms with van der Waals surface area (Å²) < 4.78 is 7.40. The van der Waals surface area contributed by atoms with Crippen molar-refractivity contribution in [2.45, 2.75) is 37.6 Å². The number of aromatic nitrogens is 1. The van der Waals surface area contributed by atoms with Gasteiger partial charge in [0.25, 0.3) is 5.91 Å². The molecular formula is C19H22N2O3S. The molecule has 0 atom stereocenters. The first-order chi connectivity index (χ1) is 12.0. The lowest BCUT2D eigenvalue weighted by Gasteiger charge is -2.10. The maximum Gasteiger partial charge on any atom is 0.340 e. The normalized spacial score (nSPS) is 13.6. The molecule has 1 N–H and O–H groups in total. The number of esters is 1. The number of carbonyl (C=O) groups is 2. The van der Waals surface area contributed by atoms with Crippen LogP contribution in [0.15, 0.2) is 35.2 Å². The zero-order valence-electron chi connectivity index (χ0n) is 14.7. The Morgan fingerprint density at radius 3 is 2.68 bits per heavy atom. The highest BCUT2D eigenvalue weighted by Crippen LogP contribution is 2.38. The third-order valence-electron chi connectivity index (χ3n) is 4.33. The van der Waals surface area contributed by atoms with Crippen molar-refractivity contribution < 1.29 is 14.3 Å². The third-order valence-corrected chi connectivity index (χ3v) is 5.13. The van der Waals surface area contributed by atoms with Crippen LogP contribution in [0.3, 0.4) is 0 Å². The minimum Gasteiger partial charge on any atom is -0.452 e. The number of aryl methyl sites for hydroxylation is 1. The summed E-state index contributed by atoms with van der Waals surface area (Å²) in [6.07, 6.45) is 4.25. The van der Waals surface area contributed by atoms with Crippen LogP contribution in [-0.4, -0.2) is 29.3 Å². The van der Waals surface area contributed by atoms with Crippen LogP contribution in [0, 0.1) is 13.8 Å². The van der Waals surface area contributed by atoms with E-state index in [1.54, 1.807) is 11.8 Å². The molecule has 0 unspecified atom stereocenters. The van der Waals surface area contributed by atoms with Crippen LogP contribution in [0.25, 0.3) is 0 Å². The highest BCUT2D eigenvalue weighted by Gasteiger charge is 2.28. The van der Waals surface area contributed by atoms with Crippen molar-refractivity contribution in [1.29, 1.82) is 0 Å². The molecule has 25 heavy (non-hydrogen) atoms. The van der Waals surface area contributed by atoms with Gasteiger partial charge in [-0.3, -0.25) is 4.79 Å². The number of anilines is 1. The number of rotatable bonds is 6. The molecule has 132 valence electrons. The first-order valence-electron chi connectivity index (χ1n) is 8.29. The van der Waals surface area contributed by atoms with E-state index in [1.165, 1.54) is 0 Å². The topological polar surface area (TPSA) is 60.3 Å². The van der Waals surface area contributed by atoms with Crippen LogP contribution in [0.5, 0.6) is 0 Å². The molecule has 2 aromatic rings. The summed E-state index contributed by atoms with van der Waals surface area (Å²) in [4.78, 5) is 25.4. The number of benzene rings is 1. The second-order valence-corrected chi connectivity index (χ2v) is 7.06. The standard InChI is InChI=1S/C19H22N2O3S/c1-12-10-15(13(2)21(12)14-8-9-14)19(23)24-11-18(22)20-16-6-4-5-7-17(16)25-3/h4-7,10,14H,8-9,11H2,1-3H3,(H,20,22). The summed E-state index contributed by atoms with van der Waals surface area (Å²) >= 11 is 1.55. The molecule has 0 bridgehead atoms. The zero-order chi connectivity index (χ0) is 18.0. The Labute approximate surface area is 151 Å². The van der Waals surface area contributed by atoms with Crippen molar-refractivity contribution in [3.63, 3.8) is 0 Å². The molecule has 0 aliphatic heterocycles. The van der Waals surface area contributed by atoms with Gasteiger partial charge in [0.15, 0.2) is 6.61 Å². The summed E-state index contributed by atoms with van der Waals surface area (Å²) in [6, 6.07) is 9.88. The number of hydrogen-bond acceptors (Lipinski definition) is 4.